The van der Waals surface area contributed by atoms with Gasteiger partial charge in [-0.1, -0.05) is 27.2 Å². The quantitative estimate of drug-likeness (QED) is 0.735. The second-order valence-corrected chi connectivity index (χ2v) is 10.2. The van der Waals surface area contributed by atoms with Gasteiger partial charge in [-0.25, -0.2) is 0 Å². The van der Waals surface area contributed by atoms with Crippen LogP contribution >= 0.6 is 0 Å². The Morgan fingerprint density at radius 3 is 2.73 bits per heavy atom. The van der Waals surface area contributed by atoms with Gasteiger partial charge in [-0.15, -0.1) is 0 Å². The van der Waals surface area contributed by atoms with E-state index in [4.69, 9.17) is 0 Å². The molecule has 0 aromatic rings. The molecule has 0 saturated heterocycles. The Bertz CT molecular complexity index is 566. The van der Waals surface area contributed by atoms with E-state index in [0.717, 1.165) is 12.8 Å². The third-order valence-corrected chi connectivity index (χ3v) is 9.63. The Balaban J connectivity index is 1.66. The van der Waals surface area contributed by atoms with Crippen molar-refractivity contribution in [2.45, 2.75) is 78.2 Å². The largest absolute Gasteiger partial charge is 0.392 e. The normalized spacial score (nSPS) is 61.2. The summed E-state index contributed by atoms with van der Waals surface area (Å²) in [5.74, 6) is 1.85. The molecule has 0 radical (unpaired) electrons. The summed E-state index contributed by atoms with van der Waals surface area (Å²) in [5.41, 5.74) is 0.645. The fourth-order valence-electron chi connectivity index (χ4n) is 8.43. The molecule has 0 amide bonds. The zero-order valence-electron chi connectivity index (χ0n) is 14.3. The maximum Gasteiger partial charge on any atom is 0.142 e. The smallest absolute Gasteiger partial charge is 0.142 e. The van der Waals surface area contributed by atoms with Crippen molar-refractivity contribution in [3.63, 3.8) is 0 Å². The molecule has 0 heterocycles. The maximum absolute atomic E-state index is 13.4. The highest BCUT2D eigenvalue weighted by Crippen LogP contribution is 2.88. The average molecular weight is 302 g/mol. The minimum absolute atomic E-state index is 0.281. The summed E-state index contributed by atoms with van der Waals surface area (Å²) in [4.78, 5) is 13.4. The van der Waals surface area contributed by atoms with Crippen molar-refractivity contribution in [1.29, 1.82) is 0 Å². The van der Waals surface area contributed by atoms with E-state index >= 15 is 0 Å². The van der Waals surface area contributed by atoms with E-state index in [1.807, 2.05) is 0 Å². The Morgan fingerprint density at radius 1 is 1.18 bits per heavy atom. The molecular formula is C20H30O2. The number of aliphatic hydroxyl groups is 1. The predicted molar refractivity (Wildman–Crippen MR) is 85.2 cm³/mol. The first-order chi connectivity index (χ1) is 10.3. The van der Waals surface area contributed by atoms with Crippen LogP contribution in [-0.2, 0) is 4.79 Å². The van der Waals surface area contributed by atoms with Gasteiger partial charge in [0.25, 0.3) is 0 Å². The lowest BCUT2D eigenvalue weighted by molar-refractivity contribution is -0.163. The molecule has 5 saturated carbocycles. The number of aliphatic hydroxyl groups excluding tert-OH is 1. The Labute approximate surface area is 134 Å². The summed E-state index contributed by atoms with van der Waals surface area (Å²) < 4.78 is 0. The highest BCUT2D eigenvalue weighted by Gasteiger charge is 2.84. The van der Waals surface area contributed by atoms with Crippen molar-refractivity contribution in [3.8, 4) is 0 Å². The molecule has 2 heteroatoms. The number of Topliss-reactive ketones (excluding diaryl/α,β-unsaturated/α-hetero) is 1. The molecule has 122 valence electrons. The SMILES string of the molecule is C[C@@H]1[C@@H]2CC[C@@H]3[C@](C2)(C(=O)C[C@]24C[C@]32CCCC4(C)C)[C@H]1O. The molecule has 1 spiro atoms. The Kier molecular flexibility index (Phi) is 2.33. The van der Waals surface area contributed by atoms with Crippen molar-refractivity contribution < 1.29 is 9.90 Å². The van der Waals surface area contributed by atoms with Gasteiger partial charge in [-0.3, -0.25) is 4.79 Å². The highest BCUT2D eigenvalue weighted by molar-refractivity contribution is 5.90. The first kappa shape index (κ1) is 14.0. The molecule has 5 aliphatic rings. The molecule has 0 aromatic carbocycles. The number of hydrogen-bond donors (Lipinski definition) is 1. The van der Waals surface area contributed by atoms with Gasteiger partial charge in [0.05, 0.1) is 11.5 Å². The molecule has 5 fully saturated rings. The van der Waals surface area contributed by atoms with E-state index in [2.05, 4.69) is 20.8 Å². The number of hydrogen-bond acceptors (Lipinski definition) is 2. The second-order valence-electron chi connectivity index (χ2n) is 10.2. The van der Waals surface area contributed by atoms with Crippen LogP contribution in [-0.4, -0.2) is 17.0 Å². The average Bonchev–Trinajstić information content (AvgIpc) is 3.12. The van der Waals surface area contributed by atoms with Gasteiger partial charge in [0.1, 0.15) is 5.78 Å². The summed E-state index contributed by atoms with van der Waals surface area (Å²) in [5, 5.41) is 11.1. The van der Waals surface area contributed by atoms with Crippen molar-refractivity contribution >= 4 is 5.78 Å². The molecule has 22 heavy (non-hydrogen) atoms. The molecule has 0 aromatic heterocycles. The van der Waals surface area contributed by atoms with Gasteiger partial charge >= 0.3 is 0 Å². The molecule has 5 rings (SSSR count). The minimum atomic E-state index is -0.365. The summed E-state index contributed by atoms with van der Waals surface area (Å²) in [6.45, 7) is 7.02. The zero-order chi connectivity index (χ0) is 15.5. The van der Waals surface area contributed by atoms with Crippen molar-refractivity contribution in [3.05, 3.63) is 0 Å². The molecule has 7 atom stereocenters. The van der Waals surface area contributed by atoms with Crippen LogP contribution in [0.4, 0.5) is 0 Å². The van der Waals surface area contributed by atoms with Gasteiger partial charge in [0.2, 0.25) is 0 Å². The molecule has 5 aliphatic carbocycles. The van der Waals surface area contributed by atoms with E-state index in [1.165, 1.54) is 38.5 Å². The summed E-state index contributed by atoms with van der Waals surface area (Å²) in [7, 11) is 0. The number of carbonyl (C=O) groups excluding carboxylic acids is 1. The Hall–Kier alpha value is -0.370. The van der Waals surface area contributed by atoms with Crippen LogP contribution in [0.3, 0.4) is 0 Å². The molecular weight excluding hydrogens is 272 g/mol. The van der Waals surface area contributed by atoms with Crippen LogP contribution in [0.2, 0.25) is 0 Å². The van der Waals surface area contributed by atoms with E-state index in [-0.39, 0.29) is 16.9 Å². The molecule has 2 bridgehead atoms. The van der Waals surface area contributed by atoms with Gasteiger partial charge in [0, 0.05) is 6.42 Å². The standard InChI is InChI=1S/C20H30O2/c1-12-13-5-6-14-18-8-4-7-17(2,3)19(18,11-18)10-15(21)20(14,9-13)16(12)22/h12-14,16,22H,4-11H2,1-3H3/t12-,13-,14+,16+,18-,19-,20-/m1/s1. The van der Waals surface area contributed by atoms with E-state index in [9.17, 15) is 9.90 Å². The van der Waals surface area contributed by atoms with E-state index in [0.29, 0.717) is 34.4 Å². The third-order valence-electron chi connectivity index (χ3n) is 9.63. The lowest BCUT2D eigenvalue weighted by atomic mass is 9.46. The molecule has 2 nitrogen and oxygen atoms in total. The Morgan fingerprint density at radius 2 is 1.95 bits per heavy atom. The van der Waals surface area contributed by atoms with Gasteiger partial charge in [-0.2, -0.15) is 0 Å². The van der Waals surface area contributed by atoms with Gasteiger partial charge in [-0.05, 0) is 72.5 Å². The van der Waals surface area contributed by atoms with E-state index < -0.39 is 0 Å². The zero-order valence-corrected chi connectivity index (χ0v) is 14.3. The molecule has 0 unspecified atom stereocenters. The monoisotopic (exact) mass is 302 g/mol. The topological polar surface area (TPSA) is 37.3 Å². The third kappa shape index (κ3) is 1.16. The fourth-order valence-corrected chi connectivity index (χ4v) is 8.43. The van der Waals surface area contributed by atoms with Crippen LogP contribution < -0.4 is 0 Å². The summed E-state index contributed by atoms with van der Waals surface area (Å²) >= 11 is 0. The number of carbonyl (C=O) groups is 1. The van der Waals surface area contributed by atoms with Crippen LogP contribution in [0.25, 0.3) is 0 Å². The van der Waals surface area contributed by atoms with Crippen LogP contribution in [0.5, 0.6) is 0 Å². The first-order valence-corrected chi connectivity index (χ1v) is 9.52. The van der Waals surface area contributed by atoms with Gasteiger partial charge in [0.15, 0.2) is 0 Å². The lowest BCUT2D eigenvalue weighted by Crippen LogP contribution is -2.58. The first-order valence-electron chi connectivity index (χ1n) is 9.52. The van der Waals surface area contributed by atoms with Crippen LogP contribution in [0.15, 0.2) is 0 Å². The number of ketones is 1. The van der Waals surface area contributed by atoms with Crippen molar-refractivity contribution in [2.24, 2.45) is 39.4 Å². The highest BCUT2D eigenvalue weighted by atomic mass is 16.3. The summed E-state index contributed by atoms with van der Waals surface area (Å²) in [6, 6.07) is 0. The van der Waals surface area contributed by atoms with Gasteiger partial charge < -0.3 is 5.11 Å². The minimum Gasteiger partial charge on any atom is -0.392 e. The number of fused-ring (bicyclic) bond motifs is 1. The molecule has 0 aliphatic heterocycles. The summed E-state index contributed by atoms with van der Waals surface area (Å²) in [6.07, 6.45) is 9.05. The van der Waals surface area contributed by atoms with Crippen LogP contribution in [0, 0.1) is 39.4 Å². The van der Waals surface area contributed by atoms with E-state index in [1.54, 1.807) is 0 Å². The molecule has 1 N–H and O–H groups in total. The lowest BCUT2D eigenvalue weighted by Gasteiger charge is -2.57. The van der Waals surface area contributed by atoms with Crippen molar-refractivity contribution in [1.82, 2.24) is 0 Å². The van der Waals surface area contributed by atoms with Crippen molar-refractivity contribution in [2.75, 3.05) is 0 Å². The maximum atomic E-state index is 13.4. The fraction of sp³-hybridized carbons (Fsp3) is 0.950. The predicted octanol–water partition coefficient (Wildman–Crippen LogP) is 3.96. The second kappa shape index (κ2) is 3.66. The number of rotatable bonds is 0. The van der Waals surface area contributed by atoms with Crippen LogP contribution in [0.1, 0.15) is 72.1 Å².